The number of aromatic nitrogens is 3. The number of para-hydroxylation sites is 2. The van der Waals surface area contributed by atoms with E-state index < -0.39 is 0 Å². The molecule has 2 unspecified atom stereocenters. The Bertz CT molecular complexity index is 1180. The molecule has 2 heterocycles. The van der Waals surface area contributed by atoms with Crippen LogP contribution in [0.3, 0.4) is 0 Å². The number of ether oxygens (including phenoxy) is 2. The van der Waals surface area contributed by atoms with E-state index in [0.717, 1.165) is 33.1 Å². The van der Waals surface area contributed by atoms with Gasteiger partial charge in [-0.2, -0.15) is 0 Å². The second-order valence-corrected chi connectivity index (χ2v) is 8.73. The number of hydrogen-bond donors (Lipinski definition) is 0. The summed E-state index contributed by atoms with van der Waals surface area (Å²) < 4.78 is 14.0. The molecule has 4 aromatic rings. The molecule has 0 fully saturated rings. The first-order chi connectivity index (χ1) is 15.2. The van der Waals surface area contributed by atoms with Crippen molar-refractivity contribution < 1.29 is 9.47 Å². The molecule has 7 heteroatoms. The van der Waals surface area contributed by atoms with Crippen LogP contribution in [-0.4, -0.2) is 21.4 Å². The maximum atomic E-state index is 6.13. The maximum Gasteiger partial charge on any atom is 0.192 e. The van der Waals surface area contributed by atoms with Crippen LogP contribution in [0.2, 0.25) is 5.02 Å². The van der Waals surface area contributed by atoms with E-state index in [1.54, 1.807) is 11.8 Å². The molecule has 0 amide bonds. The Balaban J connectivity index is 1.43. The van der Waals surface area contributed by atoms with Gasteiger partial charge in [-0.3, -0.25) is 0 Å². The second-order valence-electron chi connectivity index (χ2n) is 7.22. The fourth-order valence-corrected chi connectivity index (χ4v) is 4.82. The van der Waals surface area contributed by atoms with Crippen molar-refractivity contribution in [3.05, 3.63) is 101 Å². The lowest BCUT2D eigenvalue weighted by Crippen LogP contribution is -2.24. The summed E-state index contributed by atoms with van der Waals surface area (Å²) in [7, 11) is 1.96. The minimum Gasteiger partial charge on any atom is -0.485 e. The molecule has 0 aliphatic carbocycles. The summed E-state index contributed by atoms with van der Waals surface area (Å²) in [6.45, 7) is 0.396. The van der Waals surface area contributed by atoms with Crippen molar-refractivity contribution in [3.8, 4) is 11.5 Å². The number of halogens is 1. The Morgan fingerprint density at radius 1 is 0.903 bits per heavy atom. The number of hydrogen-bond acceptors (Lipinski definition) is 5. The van der Waals surface area contributed by atoms with Crippen LogP contribution in [-0.2, 0) is 7.05 Å². The van der Waals surface area contributed by atoms with Crippen LogP contribution in [0.25, 0.3) is 0 Å². The summed E-state index contributed by atoms with van der Waals surface area (Å²) >= 11 is 7.76. The van der Waals surface area contributed by atoms with Crippen molar-refractivity contribution in [2.45, 2.75) is 16.5 Å². The third-order valence-corrected chi connectivity index (χ3v) is 6.76. The van der Waals surface area contributed by atoms with Crippen LogP contribution in [0.4, 0.5) is 0 Å². The van der Waals surface area contributed by atoms with Gasteiger partial charge in [0.1, 0.15) is 6.61 Å². The van der Waals surface area contributed by atoms with Gasteiger partial charge in [-0.05, 0) is 35.4 Å². The number of thioether (sulfide) groups is 1. The van der Waals surface area contributed by atoms with E-state index >= 15 is 0 Å². The summed E-state index contributed by atoms with van der Waals surface area (Å²) in [5, 5.41) is 10.5. The van der Waals surface area contributed by atoms with E-state index in [4.69, 9.17) is 21.1 Å². The average Bonchev–Trinajstić information content (AvgIpc) is 3.18. The summed E-state index contributed by atoms with van der Waals surface area (Å²) in [6, 6.07) is 26.0. The fourth-order valence-electron chi connectivity index (χ4n) is 3.56. The first-order valence-electron chi connectivity index (χ1n) is 9.94. The van der Waals surface area contributed by atoms with E-state index in [1.807, 2.05) is 66.2 Å². The Labute approximate surface area is 190 Å². The molecule has 1 aliphatic heterocycles. The van der Waals surface area contributed by atoms with Gasteiger partial charge in [0.15, 0.2) is 28.6 Å². The molecule has 3 aromatic carbocycles. The maximum absolute atomic E-state index is 6.13. The molecule has 0 radical (unpaired) electrons. The highest BCUT2D eigenvalue weighted by Crippen LogP contribution is 2.41. The van der Waals surface area contributed by atoms with Gasteiger partial charge in [-0.15, -0.1) is 10.2 Å². The molecule has 5 rings (SSSR count). The molecular weight excluding hydrogens is 430 g/mol. The van der Waals surface area contributed by atoms with Crippen molar-refractivity contribution in [1.29, 1.82) is 0 Å². The molecule has 1 aliphatic rings. The van der Waals surface area contributed by atoms with Crippen molar-refractivity contribution in [3.63, 3.8) is 0 Å². The molecule has 5 nitrogen and oxygen atoms in total. The van der Waals surface area contributed by atoms with Gasteiger partial charge < -0.3 is 14.0 Å². The van der Waals surface area contributed by atoms with Crippen molar-refractivity contribution in [1.82, 2.24) is 14.8 Å². The topological polar surface area (TPSA) is 49.2 Å². The van der Waals surface area contributed by atoms with Gasteiger partial charge in [0.2, 0.25) is 0 Å². The Morgan fingerprint density at radius 2 is 1.58 bits per heavy atom. The van der Waals surface area contributed by atoms with Gasteiger partial charge in [0, 0.05) is 12.1 Å². The van der Waals surface area contributed by atoms with Gasteiger partial charge in [0.25, 0.3) is 0 Å². The molecule has 1 aromatic heterocycles. The van der Waals surface area contributed by atoms with E-state index in [2.05, 4.69) is 34.5 Å². The number of benzene rings is 3. The van der Waals surface area contributed by atoms with Gasteiger partial charge >= 0.3 is 0 Å². The first kappa shape index (κ1) is 20.0. The lowest BCUT2D eigenvalue weighted by atomic mass is 10.0. The largest absolute Gasteiger partial charge is 0.485 e. The van der Waals surface area contributed by atoms with Crippen LogP contribution in [0.15, 0.2) is 84.0 Å². The zero-order chi connectivity index (χ0) is 21.2. The predicted molar refractivity (Wildman–Crippen MR) is 122 cm³/mol. The quantitative estimate of drug-likeness (QED) is 0.357. The number of rotatable bonds is 5. The SMILES string of the molecule is Cn1c(SC(c2ccccc2)c2ccc(Cl)cc2)nnc1C1COc2ccccc2O1. The van der Waals surface area contributed by atoms with E-state index in [1.165, 1.54) is 5.56 Å². The minimum absolute atomic E-state index is 0.0541. The Hall–Kier alpha value is -2.96. The zero-order valence-corrected chi connectivity index (χ0v) is 18.4. The smallest absolute Gasteiger partial charge is 0.192 e. The van der Waals surface area contributed by atoms with Crippen LogP contribution < -0.4 is 9.47 Å². The Kier molecular flexibility index (Phi) is 5.57. The summed E-state index contributed by atoms with van der Waals surface area (Å²) in [5.74, 6) is 2.21. The predicted octanol–water partition coefficient (Wildman–Crippen LogP) is 5.86. The van der Waals surface area contributed by atoms with Gasteiger partial charge in [-0.25, -0.2) is 0 Å². The van der Waals surface area contributed by atoms with Crippen molar-refractivity contribution in [2.24, 2.45) is 7.05 Å². The van der Waals surface area contributed by atoms with Crippen molar-refractivity contribution >= 4 is 23.4 Å². The molecule has 0 N–H and O–H groups in total. The summed E-state index contributed by atoms with van der Waals surface area (Å²) in [4.78, 5) is 0. The molecule has 2 atom stereocenters. The van der Waals surface area contributed by atoms with E-state index in [-0.39, 0.29) is 11.4 Å². The molecule has 31 heavy (non-hydrogen) atoms. The Morgan fingerprint density at radius 3 is 2.35 bits per heavy atom. The summed E-state index contributed by atoms with van der Waals surface area (Å²) in [5.41, 5.74) is 2.34. The molecule has 0 saturated carbocycles. The van der Waals surface area contributed by atoms with Gasteiger partial charge in [0.05, 0.1) is 5.25 Å². The van der Waals surface area contributed by atoms with E-state index in [0.29, 0.717) is 6.61 Å². The zero-order valence-electron chi connectivity index (χ0n) is 16.8. The third-order valence-electron chi connectivity index (χ3n) is 5.16. The molecule has 156 valence electrons. The monoisotopic (exact) mass is 449 g/mol. The molecular formula is C24H20ClN3O2S. The van der Waals surface area contributed by atoms with Crippen LogP contribution >= 0.6 is 23.4 Å². The fraction of sp³-hybridized carbons (Fsp3) is 0.167. The highest BCUT2D eigenvalue weighted by Gasteiger charge is 2.28. The van der Waals surface area contributed by atoms with E-state index in [9.17, 15) is 0 Å². The second kappa shape index (κ2) is 8.65. The minimum atomic E-state index is -0.313. The van der Waals surface area contributed by atoms with Crippen LogP contribution in [0.5, 0.6) is 11.5 Å². The number of nitrogens with zero attached hydrogens (tertiary/aromatic N) is 3. The van der Waals surface area contributed by atoms with Crippen LogP contribution in [0, 0.1) is 0 Å². The van der Waals surface area contributed by atoms with Crippen molar-refractivity contribution in [2.75, 3.05) is 6.61 Å². The van der Waals surface area contributed by atoms with Gasteiger partial charge in [-0.1, -0.05) is 78.0 Å². The normalized spacial score (nSPS) is 16.1. The third kappa shape index (κ3) is 4.13. The standard InChI is InChI=1S/C24H20ClN3O2S/c1-28-23(21-15-29-19-9-5-6-10-20(19)30-21)26-27-24(28)31-22(16-7-3-2-4-8-16)17-11-13-18(25)14-12-17/h2-14,21-22H,15H2,1H3. The average molecular weight is 450 g/mol. The summed E-state index contributed by atoms with van der Waals surface area (Å²) in [6.07, 6.45) is -0.313. The molecule has 0 bridgehead atoms. The molecule has 0 spiro atoms. The lowest BCUT2D eigenvalue weighted by Gasteiger charge is -2.25. The van der Waals surface area contributed by atoms with Crippen LogP contribution in [0.1, 0.15) is 28.3 Å². The number of fused-ring (bicyclic) bond motifs is 1. The lowest BCUT2D eigenvalue weighted by molar-refractivity contribution is 0.0825. The first-order valence-corrected chi connectivity index (χ1v) is 11.2. The molecule has 0 saturated heterocycles. The highest BCUT2D eigenvalue weighted by molar-refractivity contribution is 7.99. The highest BCUT2D eigenvalue weighted by atomic mass is 35.5.